The van der Waals surface area contributed by atoms with Crippen molar-refractivity contribution in [3.8, 4) is 0 Å². The van der Waals surface area contributed by atoms with Crippen LogP contribution in [0.5, 0.6) is 0 Å². The highest BCUT2D eigenvalue weighted by Gasteiger charge is 2.15. The number of para-hydroxylation sites is 1. The lowest BCUT2D eigenvalue weighted by Gasteiger charge is -2.07. The zero-order valence-electron chi connectivity index (χ0n) is 14.5. The third-order valence-corrected chi connectivity index (χ3v) is 5.40. The lowest BCUT2D eigenvalue weighted by atomic mass is 10.2. The smallest absolute Gasteiger partial charge is 0.262 e. The highest BCUT2D eigenvalue weighted by atomic mass is 32.2. The summed E-state index contributed by atoms with van der Waals surface area (Å²) in [5.41, 5.74) is 1.34. The summed E-state index contributed by atoms with van der Waals surface area (Å²) in [6.45, 7) is 0. The first-order valence-corrected chi connectivity index (χ1v) is 9.31. The van der Waals surface area contributed by atoms with Crippen molar-refractivity contribution in [2.75, 3.05) is 0 Å². The lowest BCUT2D eigenvalue weighted by molar-refractivity contribution is 0.510. The molecule has 0 atom stereocenters. The van der Waals surface area contributed by atoms with Crippen LogP contribution in [0.15, 0.2) is 46.3 Å². The second-order valence-corrected chi connectivity index (χ2v) is 7.21. The van der Waals surface area contributed by atoms with Crippen molar-refractivity contribution in [1.29, 1.82) is 0 Å². The molecule has 10 heteroatoms. The van der Waals surface area contributed by atoms with Gasteiger partial charge in [-0.15, -0.1) is 10.2 Å². The fraction of sp³-hybridized carbons (Fsp3) is 0.111. The van der Waals surface area contributed by atoms with E-state index >= 15 is 0 Å². The Balaban J connectivity index is 1.57. The van der Waals surface area contributed by atoms with Crippen LogP contribution in [0, 0.1) is 11.6 Å². The molecule has 0 aliphatic rings. The Morgan fingerprint density at radius 1 is 1.14 bits per heavy atom. The second kappa shape index (κ2) is 6.13. The van der Waals surface area contributed by atoms with E-state index in [1.54, 1.807) is 19.2 Å². The number of halogens is 2. The molecular weight excluding hydrogens is 386 g/mol. The summed E-state index contributed by atoms with van der Waals surface area (Å²) in [7, 11) is 1.65. The van der Waals surface area contributed by atoms with Crippen LogP contribution >= 0.6 is 11.8 Å². The van der Waals surface area contributed by atoms with Crippen molar-refractivity contribution in [1.82, 2.24) is 29.1 Å². The third kappa shape index (κ3) is 2.48. The quantitative estimate of drug-likeness (QED) is 0.473. The van der Waals surface area contributed by atoms with Gasteiger partial charge in [0.1, 0.15) is 5.82 Å². The molecule has 7 nitrogen and oxygen atoms in total. The summed E-state index contributed by atoms with van der Waals surface area (Å²) >= 11 is 1.33. The highest BCUT2D eigenvalue weighted by Crippen LogP contribution is 2.25. The number of hydrogen-bond donors (Lipinski definition) is 1. The molecule has 3 aromatic heterocycles. The summed E-state index contributed by atoms with van der Waals surface area (Å²) < 4.78 is 30.0. The maximum Gasteiger partial charge on any atom is 0.262 e. The first-order valence-electron chi connectivity index (χ1n) is 8.32. The molecule has 0 saturated heterocycles. The number of aryl methyl sites for hydroxylation is 1. The molecule has 5 rings (SSSR count). The second-order valence-electron chi connectivity index (χ2n) is 6.25. The van der Waals surface area contributed by atoms with Crippen molar-refractivity contribution in [2.45, 2.75) is 10.9 Å². The van der Waals surface area contributed by atoms with Crippen molar-refractivity contribution < 1.29 is 8.78 Å². The zero-order chi connectivity index (χ0) is 19.4. The van der Waals surface area contributed by atoms with E-state index in [9.17, 15) is 13.6 Å². The van der Waals surface area contributed by atoms with Crippen LogP contribution in [0.2, 0.25) is 0 Å². The van der Waals surface area contributed by atoms with E-state index in [-0.39, 0.29) is 5.56 Å². The Morgan fingerprint density at radius 2 is 1.93 bits per heavy atom. The summed E-state index contributed by atoms with van der Waals surface area (Å²) in [5.74, 6) is -0.402. The van der Waals surface area contributed by atoms with Gasteiger partial charge in [-0.25, -0.2) is 13.8 Å². The first-order chi connectivity index (χ1) is 13.5. The SMILES string of the molecule is Cn1c(=O)c2ccccc2n2c(CSc3nc4cc(F)c(F)cc4[nH]3)nnc12. The van der Waals surface area contributed by atoms with Gasteiger partial charge in [0.05, 0.1) is 27.7 Å². The molecule has 0 bridgehead atoms. The van der Waals surface area contributed by atoms with E-state index in [1.165, 1.54) is 16.3 Å². The number of fused-ring (bicyclic) bond motifs is 4. The predicted molar refractivity (Wildman–Crippen MR) is 101 cm³/mol. The van der Waals surface area contributed by atoms with Crippen LogP contribution in [0.4, 0.5) is 8.78 Å². The molecule has 3 heterocycles. The fourth-order valence-corrected chi connectivity index (χ4v) is 3.97. The number of rotatable bonds is 3. The molecule has 140 valence electrons. The van der Waals surface area contributed by atoms with Gasteiger partial charge in [0.25, 0.3) is 5.56 Å². The van der Waals surface area contributed by atoms with Gasteiger partial charge in [0.15, 0.2) is 16.8 Å². The standard InChI is InChI=1S/C18H12F2N6OS/c1-25-16(27)9-4-2-3-5-14(9)26-15(23-24-18(25)26)8-28-17-21-12-6-10(19)11(20)7-13(12)22-17/h2-7H,8H2,1H3,(H,21,22). The molecule has 0 aliphatic heterocycles. The summed E-state index contributed by atoms with van der Waals surface area (Å²) in [6, 6.07) is 9.39. The molecule has 5 aromatic rings. The molecular formula is C18H12F2N6OS. The number of H-pyrrole nitrogens is 1. The largest absolute Gasteiger partial charge is 0.333 e. The molecule has 1 N–H and O–H groups in total. The number of nitrogens with one attached hydrogen (secondary N) is 1. The van der Waals surface area contributed by atoms with Crippen LogP contribution < -0.4 is 5.56 Å². The maximum atomic E-state index is 13.4. The molecule has 2 aromatic carbocycles. The van der Waals surface area contributed by atoms with E-state index in [0.717, 1.165) is 17.6 Å². The maximum absolute atomic E-state index is 13.4. The number of benzene rings is 2. The van der Waals surface area contributed by atoms with Crippen molar-refractivity contribution in [2.24, 2.45) is 7.05 Å². The number of aromatic amines is 1. The molecule has 0 saturated carbocycles. The number of imidazole rings is 1. The monoisotopic (exact) mass is 398 g/mol. The molecule has 28 heavy (non-hydrogen) atoms. The first kappa shape index (κ1) is 16.9. The molecule has 0 amide bonds. The number of hydrogen-bond acceptors (Lipinski definition) is 5. The number of thioether (sulfide) groups is 1. The van der Waals surface area contributed by atoms with Crippen LogP contribution in [-0.4, -0.2) is 29.1 Å². The molecule has 0 fully saturated rings. The van der Waals surface area contributed by atoms with Crippen LogP contribution in [-0.2, 0) is 12.8 Å². The molecule has 0 aliphatic carbocycles. The van der Waals surface area contributed by atoms with E-state index in [2.05, 4.69) is 20.2 Å². The summed E-state index contributed by atoms with van der Waals surface area (Å²) in [6.07, 6.45) is 0. The Bertz CT molecular complexity index is 1400. The Hall–Kier alpha value is -3.27. The normalized spacial score (nSPS) is 11.8. The average molecular weight is 398 g/mol. The number of nitrogens with zero attached hydrogens (tertiary/aromatic N) is 5. The summed E-state index contributed by atoms with van der Waals surface area (Å²) in [5, 5.41) is 9.43. The highest BCUT2D eigenvalue weighted by molar-refractivity contribution is 7.98. The van der Waals surface area contributed by atoms with Gasteiger partial charge in [0, 0.05) is 19.2 Å². The van der Waals surface area contributed by atoms with Crippen molar-refractivity contribution in [3.63, 3.8) is 0 Å². The van der Waals surface area contributed by atoms with Gasteiger partial charge in [-0.3, -0.25) is 13.8 Å². The predicted octanol–water partition coefficient (Wildman–Crippen LogP) is 3.03. The lowest BCUT2D eigenvalue weighted by Crippen LogP contribution is -2.20. The topological polar surface area (TPSA) is 80.9 Å². The Morgan fingerprint density at radius 3 is 2.79 bits per heavy atom. The van der Waals surface area contributed by atoms with Gasteiger partial charge in [-0.2, -0.15) is 0 Å². The molecule has 0 radical (unpaired) electrons. The van der Waals surface area contributed by atoms with E-state index in [1.807, 2.05) is 16.5 Å². The summed E-state index contributed by atoms with van der Waals surface area (Å²) in [4.78, 5) is 19.7. The van der Waals surface area contributed by atoms with E-state index in [0.29, 0.717) is 38.9 Å². The minimum atomic E-state index is -0.939. The average Bonchev–Trinajstić information content (AvgIpc) is 3.28. The van der Waals surface area contributed by atoms with Gasteiger partial charge >= 0.3 is 0 Å². The van der Waals surface area contributed by atoms with Gasteiger partial charge < -0.3 is 4.98 Å². The van der Waals surface area contributed by atoms with Gasteiger partial charge in [-0.05, 0) is 12.1 Å². The van der Waals surface area contributed by atoms with Crippen LogP contribution in [0.3, 0.4) is 0 Å². The van der Waals surface area contributed by atoms with Gasteiger partial charge in [-0.1, -0.05) is 23.9 Å². The third-order valence-electron chi connectivity index (χ3n) is 4.53. The van der Waals surface area contributed by atoms with E-state index < -0.39 is 11.6 Å². The number of aromatic nitrogens is 6. The Labute approximate surface area is 160 Å². The van der Waals surface area contributed by atoms with Gasteiger partial charge in [0.2, 0.25) is 5.78 Å². The van der Waals surface area contributed by atoms with Crippen molar-refractivity contribution >= 4 is 39.5 Å². The van der Waals surface area contributed by atoms with Crippen molar-refractivity contribution in [3.05, 3.63) is 64.2 Å². The minimum Gasteiger partial charge on any atom is -0.333 e. The zero-order valence-corrected chi connectivity index (χ0v) is 15.3. The molecule has 0 unspecified atom stereocenters. The van der Waals surface area contributed by atoms with Crippen LogP contribution in [0.1, 0.15) is 5.82 Å². The van der Waals surface area contributed by atoms with E-state index in [4.69, 9.17) is 0 Å². The fourth-order valence-electron chi connectivity index (χ4n) is 3.17. The molecule has 0 spiro atoms. The minimum absolute atomic E-state index is 0.143. The van der Waals surface area contributed by atoms with Crippen LogP contribution in [0.25, 0.3) is 27.7 Å². The Kier molecular flexibility index (Phi) is 3.69.